The number of hydrogen-bond acceptors (Lipinski definition) is 15. The zero-order chi connectivity index (χ0) is 28.9. The van der Waals surface area contributed by atoms with E-state index in [1.54, 1.807) is 6.08 Å². The largest absolute Gasteiger partial charge is 0.490 e. The molecule has 1 aliphatic heterocycles. The van der Waals surface area contributed by atoms with Gasteiger partial charge in [0.15, 0.2) is 17.1 Å². The molecule has 2 aliphatic rings. The van der Waals surface area contributed by atoms with E-state index in [-0.39, 0.29) is 5.82 Å². The Hall–Kier alpha value is -1.51. The van der Waals surface area contributed by atoms with Crippen molar-refractivity contribution in [3.63, 3.8) is 0 Å². The molecule has 38 heavy (non-hydrogen) atoms. The molecule has 214 valence electrons. The highest BCUT2D eigenvalue weighted by molar-refractivity contribution is 7.69. The van der Waals surface area contributed by atoms with Crippen molar-refractivity contribution in [2.24, 2.45) is 0 Å². The molecule has 0 saturated carbocycles. The average molecular weight is 629 g/mol. The molecule has 0 aromatic carbocycles. The van der Waals surface area contributed by atoms with Gasteiger partial charge in [-0.3, -0.25) is 4.57 Å². The normalized spacial score (nSPS) is 30.0. The van der Waals surface area contributed by atoms with E-state index < -0.39 is 61.4 Å². The van der Waals surface area contributed by atoms with Crippen LogP contribution in [0.4, 0.5) is 5.82 Å². The van der Waals surface area contributed by atoms with Crippen molar-refractivity contribution >= 4 is 48.3 Å². The Morgan fingerprint density at radius 1 is 0.947 bits per heavy atom. The lowest BCUT2D eigenvalue weighted by molar-refractivity contribution is -0.159. The molecular formula is C12H19N5O17P4. The third kappa shape index (κ3) is 6.28. The van der Waals surface area contributed by atoms with Gasteiger partial charge in [0.2, 0.25) is 5.72 Å². The fourth-order valence-electron chi connectivity index (χ4n) is 3.41. The van der Waals surface area contributed by atoms with Gasteiger partial charge in [-0.25, -0.2) is 33.2 Å². The highest BCUT2D eigenvalue weighted by Gasteiger charge is 2.69. The second kappa shape index (κ2) is 10.2. The van der Waals surface area contributed by atoms with Gasteiger partial charge in [-0.1, -0.05) is 0 Å². The Kier molecular flexibility index (Phi) is 8.29. The number of nitrogens with zero attached hydrogens (tertiary/aromatic N) is 4. The molecule has 0 radical (unpaired) electrons. The van der Waals surface area contributed by atoms with E-state index in [2.05, 4.69) is 27.9 Å². The summed E-state index contributed by atoms with van der Waals surface area (Å²) < 4.78 is 58.1. The van der Waals surface area contributed by atoms with Crippen LogP contribution in [0.1, 0.15) is 0 Å². The fourth-order valence-corrected chi connectivity index (χ4v) is 7.38. The maximum Gasteiger partial charge on any atom is 0.490 e. The lowest BCUT2D eigenvalue weighted by Gasteiger charge is -2.45. The summed E-state index contributed by atoms with van der Waals surface area (Å²) in [6.07, 6.45) is 3.54. The summed E-state index contributed by atoms with van der Waals surface area (Å²) in [5.74, 6) is 0.208. The number of nitrogens with two attached hydrogens (primary N) is 1. The Morgan fingerprint density at radius 3 is 1.95 bits per heavy atom. The summed E-state index contributed by atoms with van der Waals surface area (Å²) in [6.45, 7) is -0.420. The smallest absolute Gasteiger partial charge is 0.394 e. The van der Waals surface area contributed by atoms with Gasteiger partial charge < -0.3 is 55.2 Å². The first kappa shape index (κ1) is 31.0. The maximum atomic E-state index is 10.7. The summed E-state index contributed by atoms with van der Waals surface area (Å²) in [7, 11) is -22.6. The number of aromatic nitrogens is 4. The topological polar surface area (TPSA) is 357 Å². The minimum Gasteiger partial charge on any atom is -0.394 e. The van der Waals surface area contributed by atoms with Crippen molar-refractivity contribution in [3.8, 4) is 0 Å². The minimum atomic E-state index is -5.77. The second-order valence-corrected chi connectivity index (χ2v) is 13.1. The fraction of sp³-hybridized carbons (Fsp3) is 0.417. The Balaban J connectivity index is 0.000000217. The first-order valence-electron chi connectivity index (χ1n) is 9.39. The zero-order valence-corrected chi connectivity index (χ0v) is 21.7. The molecule has 3 heterocycles. The Morgan fingerprint density at radius 2 is 1.50 bits per heavy atom. The number of rotatable bonds is 8. The number of phosphoric acid groups is 4. The van der Waals surface area contributed by atoms with Crippen LogP contribution in [0.5, 0.6) is 0 Å². The Bertz CT molecular complexity index is 1400. The molecule has 0 spiro atoms. The molecule has 2 aromatic heterocycles. The molecule has 0 amide bonds. The van der Waals surface area contributed by atoms with E-state index >= 15 is 0 Å². The molecule has 1 aliphatic carbocycles. The van der Waals surface area contributed by atoms with Gasteiger partial charge >= 0.3 is 31.3 Å². The van der Waals surface area contributed by atoms with Crippen molar-refractivity contribution in [1.29, 1.82) is 0 Å². The molecule has 2 aromatic rings. The van der Waals surface area contributed by atoms with E-state index in [0.29, 0.717) is 11.2 Å². The van der Waals surface area contributed by atoms with Gasteiger partial charge in [-0.15, -0.1) is 0 Å². The van der Waals surface area contributed by atoms with Crippen LogP contribution in [0.25, 0.3) is 11.2 Å². The predicted molar refractivity (Wildman–Crippen MR) is 117 cm³/mol. The van der Waals surface area contributed by atoms with Crippen molar-refractivity contribution in [1.82, 2.24) is 19.5 Å². The maximum absolute atomic E-state index is 10.7. The number of aliphatic hydroxyl groups excluding tert-OH is 2. The third-order valence-electron chi connectivity index (χ3n) is 4.80. The van der Waals surface area contributed by atoms with Crippen LogP contribution in [-0.4, -0.2) is 88.6 Å². The summed E-state index contributed by atoms with van der Waals surface area (Å²) in [5.41, 5.74) is 3.46. The van der Waals surface area contributed by atoms with Gasteiger partial charge in [0.1, 0.15) is 24.1 Å². The van der Waals surface area contributed by atoms with Crippen LogP contribution in [0.15, 0.2) is 24.8 Å². The molecule has 22 nitrogen and oxygen atoms in total. The Labute approximate surface area is 209 Å². The van der Waals surface area contributed by atoms with Crippen LogP contribution >= 0.6 is 31.3 Å². The molecule has 26 heteroatoms. The predicted octanol–water partition coefficient (Wildman–Crippen LogP) is -2.46. The van der Waals surface area contributed by atoms with Gasteiger partial charge in [-0.2, -0.15) is 12.9 Å². The van der Waals surface area contributed by atoms with E-state index in [9.17, 15) is 33.6 Å². The quantitative estimate of drug-likeness (QED) is 0.107. The number of aliphatic hydroxyl groups is 3. The summed E-state index contributed by atoms with van der Waals surface area (Å²) in [5, 5.41) is 30.1. The number of ether oxygens (including phenoxy) is 1. The number of hydrogen-bond donors (Lipinski definition) is 10. The van der Waals surface area contributed by atoms with Gasteiger partial charge in [-0.05, 0) is 12.2 Å². The second-order valence-electron chi connectivity index (χ2n) is 7.35. The highest BCUT2D eigenvalue weighted by Crippen LogP contribution is 2.69. The summed E-state index contributed by atoms with van der Waals surface area (Å²) in [6, 6.07) is 0. The van der Waals surface area contributed by atoms with Crippen LogP contribution in [0, 0.1) is 0 Å². The van der Waals surface area contributed by atoms with Gasteiger partial charge in [0, 0.05) is 0 Å². The van der Waals surface area contributed by atoms with Crippen molar-refractivity contribution in [3.05, 3.63) is 24.8 Å². The summed E-state index contributed by atoms with van der Waals surface area (Å²) >= 11 is 0. The van der Waals surface area contributed by atoms with Crippen LogP contribution in [0.3, 0.4) is 0 Å². The molecular weight excluding hydrogens is 610 g/mol. The monoisotopic (exact) mass is 629 g/mol. The highest BCUT2D eigenvalue weighted by atomic mass is 31.3. The van der Waals surface area contributed by atoms with E-state index in [0.717, 1.165) is 0 Å². The van der Waals surface area contributed by atoms with E-state index in [4.69, 9.17) is 39.8 Å². The SMILES string of the molecule is Nc1ncnc2c1ncn2[C@@]12C=C[C@@]1(O)[C@H](O)[C@@H](CO)O2.O=P(O)(O)OP(=O)(O)OP(=O)(O)OP(=O)(O)O. The van der Waals surface area contributed by atoms with Gasteiger partial charge in [0.25, 0.3) is 0 Å². The number of nitrogen functional groups attached to an aromatic ring is 1. The minimum absolute atomic E-state index is 0.208. The first-order chi connectivity index (χ1) is 17.2. The van der Waals surface area contributed by atoms with E-state index in [1.807, 2.05) is 0 Å². The van der Waals surface area contributed by atoms with Crippen LogP contribution in [-0.2, 0) is 41.7 Å². The number of fused-ring (bicyclic) bond motifs is 2. The van der Waals surface area contributed by atoms with Crippen molar-refractivity contribution in [2.75, 3.05) is 12.3 Å². The molecule has 11 N–H and O–H groups in total. The molecule has 1 fully saturated rings. The lowest BCUT2D eigenvalue weighted by atomic mass is 9.76. The van der Waals surface area contributed by atoms with Gasteiger partial charge in [0.05, 0.1) is 12.9 Å². The lowest BCUT2D eigenvalue weighted by Crippen LogP contribution is -2.60. The van der Waals surface area contributed by atoms with Crippen LogP contribution < -0.4 is 5.73 Å². The molecule has 6 atom stereocenters. The van der Waals surface area contributed by atoms with Crippen molar-refractivity contribution < 1.29 is 80.6 Å². The third-order valence-corrected chi connectivity index (χ3v) is 9.80. The standard InChI is InChI=1S/C12H13N5O4.H6O13P4/c13-9-7-10(15-4-14-9)17(5-16-7)12-2-1-11(12,20)8(19)6(3-18)21-12;1-14(2,3)11-16(7,8)13-17(9,10)12-15(4,5)6/h1-2,4-6,8,18-20H,3H2,(H2,13,14,15);(H,7,8)(H,9,10)(H2,1,2,3)(H2,4,5,6)/t6-,8-,11-,12-;/m1./s1. The number of imidazole rings is 1. The average Bonchev–Trinajstić information content (AvgIpc) is 3.19. The first-order valence-corrected chi connectivity index (χ1v) is 15.4. The van der Waals surface area contributed by atoms with Crippen molar-refractivity contribution in [2.45, 2.75) is 23.5 Å². The van der Waals surface area contributed by atoms with Crippen LogP contribution in [0.2, 0.25) is 0 Å². The molecule has 2 unspecified atom stereocenters. The zero-order valence-electron chi connectivity index (χ0n) is 18.1. The molecule has 1 saturated heterocycles. The molecule has 0 bridgehead atoms. The van der Waals surface area contributed by atoms with E-state index in [1.165, 1.54) is 23.3 Å². The number of anilines is 1. The summed E-state index contributed by atoms with van der Waals surface area (Å²) in [4.78, 5) is 61.5. The molecule has 4 rings (SSSR count).